The smallest absolute Gasteiger partial charge is 0.261 e. The summed E-state index contributed by atoms with van der Waals surface area (Å²) in [6.07, 6.45) is 4.07. The van der Waals surface area contributed by atoms with Crippen LogP contribution in [0.15, 0.2) is 78.5 Å². The van der Waals surface area contributed by atoms with Crippen molar-refractivity contribution in [1.82, 2.24) is 10.3 Å². The lowest BCUT2D eigenvalue weighted by molar-refractivity contribution is -0.117. The molecule has 4 rings (SSSR count). The van der Waals surface area contributed by atoms with Gasteiger partial charge >= 0.3 is 0 Å². The Morgan fingerprint density at radius 3 is 2.77 bits per heavy atom. The van der Waals surface area contributed by atoms with Gasteiger partial charge in [-0.25, -0.2) is 4.39 Å². The zero-order valence-corrected chi connectivity index (χ0v) is 19.2. The van der Waals surface area contributed by atoms with Gasteiger partial charge in [0.15, 0.2) is 11.5 Å². The quantitative estimate of drug-likeness (QED) is 0.262. The number of nitrogens with one attached hydrogen (secondary N) is 2. The highest BCUT2D eigenvalue weighted by molar-refractivity contribution is 6.01. The van der Waals surface area contributed by atoms with E-state index >= 15 is 0 Å². The molecule has 7 heteroatoms. The second-order valence-electron chi connectivity index (χ2n) is 7.86. The molecule has 2 N–H and O–H groups in total. The van der Waals surface area contributed by atoms with Gasteiger partial charge in [0.2, 0.25) is 0 Å². The summed E-state index contributed by atoms with van der Waals surface area (Å²) < 4.78 is 24.5. The normalized spacial score (nSPS) is 11.2. The molecule has 0 spiro atoms. The van der Waals surface area contributed by atoms with Crippen molar-refractivity contribution in [3.8, 4) is 17.6 Å². The van der Waals surface area contributed by atoms with Crippen LogP contribution in [0.1, 0.15) is 16.7 Å². The summed E-state index contributed by atoms with van der Waals surface area (Å²) in [5, 5.41) is 13.5. The van der Waals surface area contributed by atoms with Crippen molar-refractivity contribution in [2.45, 2.75) is 13.0 Å². The Bertz CT molecular complexity index is 1420. The number of aromatic nitrogens is 1. The monoisotopic (exact) mass is 469 g/mol. The Balaban J connectivity index is 1.39. The molecule has 3 aromatic carbocycles. The van der Waals surface area contributed by atoms with E-state index in [-0.39, 0.29) is 18.0 Å². The summed E-state index contributed by atoms with van der Waals surface area (Å²) in [4.78, 5) is 15.8. The van der Waals surface area contributed by atoms with Crippen LogP contribution in [0, 0.1) is 17.1 Å². The number of para-hydroxylation sites is 1. The molecule has 0 aliphatic rings. The third kappa shape index (κ3) is 5.87. The third-order valence-corrected chi connectivity index (χ3v) is 5.50. The average Bonchev–Trinajstić information content (AvgIpc) is 3.29. The van der Waals surface area contributed by atoms with Crippen molar-refractivity contribution in [1.29, 1.82) is 5.26 Å². The average molecular weight is 470 g/mol. The van der Waals surface area contributed by atoms with E-state index in [1.165, 1.54) is 25.3 Å². The number of fused-ring (bicyclic) bond motifs is 1. The van der Waals surface area contributed by atoms with Gasteiger partial charge in [0.1, 0.15) is 24.1 Å². The zero-order valence-electron chi connectivity index (χ0n) is 19.2. The van der Waals surface area contributed by atoms with E-state index in [0.29, 0.717) is 35.6 Å². The molecule has 0 unspecified atom stereocenters. The fourth-order valence-corrected chi connectivity index (χ4v) is 3.74. The topological polar surface area (TPSA) is 87.1 Å². The van der Waals surface area contributed by atoms with Crippen LogP contribution < -0.4 is 14.8 Å². The Hall–Kier alpha value is -4.57. The molecule has 0 saturated heterocycles. The van der Waals surface area contributed by atoms with Gasteiger partial charge in [-0.2, -0.15) is 5.26 Å². The number of ether oxygens (including phenoxy) is 2. The lowest BCUT2D eigenvalue weighted by atomic mass is 10.1. The van der Waals surface area contributed by atoms with Crippen LogP contribution in [-0.4, -0.2) is 24.5 Å². The number of nitriles is 1. The van der Waals surface area contributed by atoms with Crippen LogP contribution in [0.4, 0.5) is 4.39 Å². The van der Waals surface area contributed by atoms with Crippen molar-refractivity contribution < 1.29 is 18.7 Å². The Morgan fingerprint density at radius 2 is 1.97 bits per heavy atom. The minimum atomic E-state index is -0.447. The molecule has 0 aliphatic heterocycles. The van der Waals surface area contributed by atoms with E-state index in [9.17, 15) is 14.4 Å². The molecule has 0 fully saturated rings. The number of carbonyl (C=O) groups excluding carboxylic acids is 1. The fraction of sp³-hybridized carbons (Fsp3) is 0.143. The minimum Gasteiger partial charge on any atom is -0.493 e. The molecule has 1 aromatic heterocycles. The van der Waals surface area contributed by atoms with Crippen molar-refractivity contribution in [3.05, 3.63) is 101 Å². The maximum atomic E-state index is 13.4. The largest absolute Gasteiger partial charge is 0.493 e. The maximum Gasteiger partial charge on any atom is 0.261 e. The van der Waals surface area contributed by atoms with Gasteiger partial charge < -0.3 is 19.8 Å². The number of hydrogen-bond acceptors (Lipinski definition) is 4. The molecule has 35 heavy (non-hydrogen) atoms. The lowest BCUT2D eigenvalue weighted by Gasteiger charge is -2.12. The van der Waals surface area contributed by atoms with E-state index in [1.54, 1.807) is 30.3 Å². The molecule has 176 valence electrons. The van der Waals surface area contributed by atoms with Crippen LogP contribution in [-0.2, 0) is 17.8 Å². The number of carbonyl (C=O) groups is 1. The van der Waals surface area contributed by atoms with Gasteiger partial charge in [-0.15, -0.1) is 0 Å². The first kappa shape index (κ1) is 23.6. The summed E-state index contributed by atoms with van der Waals surface area (Å²) in [6.45, 7) is 0.571. The van der Waals surface area contributed by atoms with Crippen molar-refractivity contribution in [3.63, 3.8) is 0 Å². The second-order valence-corrected chi connectivity index (χ2v) is 7.86. The molecule has 1 heterocycles. The van der Waals surface area contributed by atoms with Gasteiger partial charge in [-0.3, -0.25) is 4.79 Å². The Labute approximate surface area is 202 Å². The predicted molar refractivity (Wildman–Crippen MR) is 132 cm³/mol. The van der Waals surface area contributed by atoms with Crippen LogP contribution in [0.25, 0.3) is 17.0 Å². The fourth-order valence-electron chi connectivity index (χ4n) is 3.74. The number of nitrogens with zero attached hydrogens (tertiary/aromatic N) is 1. The van der Waals surface area contributed by atoms with Gasteiger partial charge in [0, 0.05) is 23.6 Å². The van der Waals surface area contributed by atoms with Gasteiger partial charge in [0.25, 0.3) is 5.91 Å². The zero-order chi connectivity index (χ0) is 24.6. The lowest BCUT2D eigenvalue weighted by Crippen LogP contribution is -2.26. The molecule has 0 bridgehead atoms. The number of halogens is 1. The molecular formula is C28H24FN3O3. The van der Waals surface area contributed by atoms with Gasteiger partial charge in [-0.05, 0) is 59.5 Å². The van der Waals surface area contributed by atoms with Crippen molar-refractivity contribution in [2.24, 2.45) is 0 Å². The first-order chi connectivity index (χ1) is 17.1. The molecule has 0 atom stereocenters. The number of amides is 1. The van der Waals surface area contributed by atoms with E-state index in [4.69, 9.17) is 9.47 Å². The van der Waals surface area contributed by atoms with Crippen molar-refractivity contribution >= 4 is 22.9 Å². The number of benzene rings is 3. The molecule has 1 amide bonds. The second kappa shape index (κ2) is 11.0. The van der Waals surface area contributed by atoms with Crippen molar-refractivity contribution in [2.75, 3.05) is 13.7 Å². The Morgan fingerprint density at radius 1 is 1.11 bits per heavy atom. The summed E-state index contributed by atoms with van der Waals surface area (Å²) >= 11 is 0. The standard InChI is InChI=1S/C28H24FN3O3/c1-34-27-15-19(9-10-26(27)35-18-20-5-4-6-23(29)14-20)13-22(16-30)28(33)31-12-11-21-17-32-25-8-3-2-7-24(21)25/h2-10,13-15,17,32H,11-12,18H2,1H3,(H,31,33)/b22-13-. The maximum absolute atomic E-state index is 13.4. The number of methoxy groups -OCH3 is 1. The first-order valence-electron chi connectivity index (χ1n) is 11.1. The molecule has 4 aromatic rings. The number of hydrogen-bond donors (Lipinski definition) is 2. The van der Waals surface area contributed by atoms with E-state index in [0.717, 1.165) is 16.5 Å². The molecule has 0 aliphatic carbocycles. The first-order valence-corrected chi connectivity index (χ1v) is 11.1. The molecule has 6 nitrogen and oxygen atoms in total. The summed E-state index contributed by atoms with van der Waals surface area (Å²) in [6, 6.07) is 21.2. The highest BCUT2D eigenvalue weighted by Gasteiger charge is 2.12. The summed E-state index contributed by atoms with van der Waals surface area (Å²) in [7, 11) is 1.50. The highest BCUT2D eigenvalue weighted by Crippen LogP contribution is 2.30. The third-order valence-electron chi connectivity index (χ3n) is 5.50. The number of H-pyrrole nitrogens is 1. The highest BCUT2D eigenvalue weighted by atomic mass is 19.1. The minimum absolute atomic E-state index is 0.0144. The number of aromatic amines is 1. The van der Waals surface area contributed by atoms with Crippen LogP contribution in [0.5, 0.6) is 11.5 Å². The van der Waals surface area contributed by atoms with Crippen LogP contribution >= 0.6 is 0 Å². The van der Waals surface area contributed by atoms with E-state index < -0.39 is 5.91 Å². The molecule has 0 radical (unpaired) electrons. The number of rotatable bonds is 9. The van der Waals surface area contributed by atoms with Crippen LogP contribution in [0.2, 0.25) is 0 Å². The van der Waals surface area contributed by atoms with Crippen LogP contribution in [0.3, 0.4) is 0 Å². The van der Waals surface area contributed by atoms with Gasteiger partial charge in [-0.1, -0.05) is 36.4 Å². The van der Waals surface area contributed by atoms with Gasteiger partial charge in [0.05, 0.1) is 7.11 Å². The SMILES string of the molecule is COc1cc(/C=C(/C#N)C(=O)NCCc2c[nH]c3ccccc23)ccc1OCc1cccc(F)c1. The van der Waals surface area contributed by atoms with E-state index in [2.05, 4.69) is 10.3 Å². The summed E-state index contributed by atoms with van der Waals surface area (Å²) in [5.41, 5.74) is 3.43. The molecular weight excluding hydrogens is 445 g/mol. The Kier molecular flexibility index (Phi) is 7.44. The predicted octanol–water partition coefficient (Wildman–Crippen LogP) is 5.16. The van der Waals surface area contributed by atoms with E-state index in [1.807, 2.05) is 36.5 Å². The molecule has 0 saturated carbocycles. The summed E-state index contributed by atoms with van der Waals surface area (Å²) in [5.74, 6) is 0.128.